The fourth-order valence-electron chi connectivity index (χ4n) is 16.3. The third-order valence-corrected chi connectivity index (χ3v) is 23.0. The van der Waals surface area contributed by atoms with Gasteiger partial charge >= 0.3 is 23.9 Å². The van der Waals surface area contributed by atoms with Crippen LogP contribution in [0.15, 0.2) is 211 Å². The number of amides is 4. The highest BCUT2D eigenvalue weighted by molar-refractivity contribution is 6.11. The number of carboxylic acids is 4. The van der Waals surface area contributed by atoms with Crippen LogP contribution in [0.1, 0.15) is 142 Å². The van der Waals surface area contributed by atoms with Crippen molar-refractivity contribution in [3.05, 3.63) is 301 Å². The minimum atomic E-state index is -1.14. The van der Waals surface area contributed by atoms with E-state index in [1.54, 1.807) is 97.1 Å². The summed E-state index contributed by atoms with van der Waals surface area (Å²) in [6.07, 6.45) is 17.4. The van der Waals surface area contributed by atoms with Crippen LogP contribution in [0.25, 0.3) is 51.7 Å². The van der Waals surface area contributed by atoms with Crippen molar-refractivity contribution in [3.63, 3.8) is 0 Å². The van der Waals surface area contributed by atoms with Crippen LogP contribution in [0.3, 0.4) is 0 Å². The van der Waals surface area contributed by atoms with E-state index in [9.17, 15) is 55.9 Å². The summed E-state index contributed by atoms with van der Waals surface area (Å²) in [5.41, 5.74) is 14.7. The molecule has 0 radical (unpaired) electrons. The molecule has 1 atom stereocenters. The molecule has 0 saturated heterocycles. The number of methoxy groups -OCH3 is 8. The number of benzene rings is 4. The second-order valence-electron chi connectivity index (χ2n) is 32.5. The van der Waals surface area contributed by atoms with Gasteiger partial charge in [0.2, 0.25) is 64.5 Å². The summed E-state index contributed by atoms with van der Waals surface area (Å²) in [7, 11) is 11.4. The van der Waals surface area contributed by atoms with Gasteiger partial charge in [0.1, 0.15) is 28.9 Å². The number of ether oxygens (including phenoxy) is 12. The Hall–Kier alpha value is -18.2. The molecule has 1 unspecified atom stereocenters. The van der Waals surface area contributed by atoms with Crippen molar-refractivity contribution < 1.29 is 151 Å². The lowest BCUT2D eigenvalue weighted by Crippen LogP contribution is -2.23. The van der Waals surface area contributed by atoms with E-state index in [1.165, 1.54) is 125 Å². The van der Waals surface area contributed by atoms with Crippen LogP contribution in [-0.2, 0) is 71.0 Å². The van der Waals surface area contributed by atoms with Gasteiger partial charge in [0.15, 0.2) is 72.4 Å². The van der Waals surface area contributed by atoms with Gasteiger partial charge in [-0.15, -0.1) is 0 Å². The van der Waals surface area contributed by atoms with Crippen LogP contribution >= 0.6 is 0 Å². The van der Waals surface area contributed by atoms with Gasteiger partial charge in [-0.1, -0.05) is 0 Å². The Balaban J connectivity index is 0.000000164. The van der Waals surface area contributed by atoms with E-state index in [1.807, 2.05) is 39.0 Å². The molecular formula is C106H99F4N9O28. The number of hydrogen-bond acceptors (Lipinski definition) is 29. The van der Waals surface area contributed by atoms with Crippen molar-refractivity contribution in [2.24, 2.45) is 4.99 Å². The first kappa shape index (κ1) is 106. The molecule has 147 heavy (non-hydrogen) atoms. The smallest absolute Gasteiger partial charge is 0.341 e. The highest BCUT2D eigenvalue weighted by atomic mass is 19.1. The SMILES string of the molecule is COc1cc(C=C2C(C)=C(CC(=O)NCc3ccco3)c3cc(F)cnc32)cc(OC)c1OCC(=O)O.COc1cc(C=C2C(C)=C(CC(=O)NCc3ccco3)c3cc(F)ncc32)cc(OC)c1OCC(=O)O.COc1cc(C=C2C(C)=C(CC(=O)NCc3ccco3)c3cnc(F)cc32)cc(OC)c1OCC(=O)O.COc1cc(CC2=NC(CC(=O)NCc3ccco3)c3cc(F)ncc32)cc(OC)c1OCC(=O)O. The Labute approximate surface area is 836 Å². The predicted octanol–water partition coefficient (Wildman–Crippen LogP) is 16.1. The van der Waals surface area contributed by atoms with E-state index in [0.29, 0.717) is 119 Å². The number of nitrogens with one attached hydrogen (secondary N) is 4. The number of allylic oxidation sites excluding steroid dienone is 6. The molecule has 3 aliphatic carbocycles. The van der Waals surface area contributed by atoms with Gasteiger partial charge in [-0.3, -0.25) is 29.2 Å². The number of rotatable bonds is 41. The Bertz CT molecular complexity index is 6840. The number of carbonyl (C=O) groups is 8. The summed E-state index contributed by atoms with van der Waals surface area (Å²) in [5.74, 6) is -2.63. The number of carboxylic acid groups (broad SMARTS) is 4. The number of aliphatic imine (C=N–C) groups is 1. The monoisotopic (exact) mass is 2020 g/mol. The zero-order valence-corrected chi connectivity index (χ0v) is 81.0. The molecule has 12 aromatic rings. The van der Waals surface area contributed by atoms with Crippen LogP contribution in [0, 0.1) is 23.7 Å². The zero-order chi connectivity index (χ0) is 105. The average molecular weight is 2020 g/mol. The first-order valence-electron chi connectivity index (χ1n) is 44.8. The van der Waals surface area contributed by atoms with Gasteiger partial charge in [-0.2, -0.15) is 13.2 Å². The predicted molar refractivity (Wildman–Crippen MR) is 523 cm³/mol. The number of furan rings is 4. The molecule has 8 N–H and O–H groups in total. The third-order valence-electron chi connectivity index (χ3n) is 23.0. The number of aliphatic carboxylic acids is 4. The molecule has 4 aliphatic rings. The number of carbonyl (C=O) groups excluding carboxylic acids is 4. The van der Waals surface area contributed by atoms with Crippen molar-refractivity contribution in [1.29, 1.82) is 0 Å². The fourth-order valence-corrected chi connectivity index (χ4v) is 16.3. The molecule has 0 saturated carbocycles. The topological polar surface area (TPSA) is 493 Å². The Morgan fingerprint density at radius 3 is 1.05 bits per heavy atom. The summed E-state index contributed by atoms with van der Waals surface area (Å²) < 4.78 is 142. The first-order chi connectivity index (χ1) is 70.8. The summed E-state index contributed by atoms with van der Waals surface area (Å²) in [5, 5.41) is 47.1. The molecule has 0 fully saturated rings. The van der Waals surface area contributed by atoms with Crippen LogP contribution in [0.4, 0.5) is 17.6 Å². The fraction of sp³-hybridized carbons (Fsp3) is 0.236. The number of fused-ring (bicyclic) bond motifs is 4. The number of halogens is 4. The lowest BCUT2D eigenvalue weighted by molar-refractivity contribution is -0.140. The van der Waals surface area contributed by atoms with Crippen LogP contribution in [0.5, 0.6) is 69.0 Å². The minimum absolute atomic E-state index is 0.0231. The van der Waals surface area contributed by atoms with Gasteiger partial charge < -0.3 is 116 Å². The van der Waals surface area contributed by atoms with E-state index in [4.69, 9.17) is 99.9 Å². The molecule has 37 nitrogen and oxygen atoms in total. The normalized spacial score (nSPS) is 13.6. The molecule has 764 valence electrons. The van der Waals surface area contributed by atoms with Crippen molar-refractivity contribution >= 4 is 105 Å². The lowest BCUT2D eigenvalue weighted by Gasteiger charge is -2.15. The minimum Gasteiger partial charge on any atom is -0.493 e. The maximum absolute atomic E-state index is 14.2. The van der Waals surface area contributed by atoms with Gasteiger partial charge in [0, 0.05) is 70.7 Å². The second kappa shape index (κ2) is 49.5. The lowest BCUT2D eigenvalue weighted by atomic mass is 9.98. The molecule has 41 heteroatoms. The maximum atomic E-state index is 14.2. The van der Waals surface area contributed by atoms with Crippen molar-refractivity contribution in [2.75, 3.05) is 83.3 Å². The molecule has 0 bridgehead atoms. The van der Waals surface area contributed by atoms with Gasteiger partial charge in [-0.05, 0) is 232 Å². The standard InChI is InChI=1S/3C27H25FN2O7.C25H24FN3O7/c1-15-19(11-24(31)29-13-18-5-4-6-36-18)21-10-17(28)12-30-26(21)20(15)7-16-8-22(34-2)27(23(9-16)35-3)37-14-25(32)33;1-15-18(7-16-8-22(34-2)27(23(9-16)35-3)37-14-26(32)33)21-13-29-24(28)10-20(21)19(15)11-25(31)30-12-17-5-4-6-36-17;1-15-18(7-16-8-22(34-2)27(23(9-16)35-3)37-14-26(32)33)20-10-24(28)29-13-21(20)19(15)11-25(31)30-12-17-5-4-6-36-17;1-33-20-7-14(8-21(34-2)25(20)36-13-24(31)32)6-18-17-12-27-22(26)9-16(17)19(29-18)10-23(30)28-11-15-4-3-5-35-15/h4-10,12H,11,13-14H2,1-3H3,(H,29,31)(H,32,33);2*4-10,13H,11-12,14H2,1-3H3,(H,30,31)(H,32,33);3-5,7-9,12,19H,6,10-11,13H2,1-2H3,(H,28,30)(H,31,32). The molecular weight excluding hydrogens is 1920 g/mol. The number of hydrogen-bond donors (Lipinski definition) is 8. The van der Waals surface area contributed by atoms with Crippen LogP contribution in [-0.4, -0.2) is 177 Å². The first-order valence-corrected chi connectivity index (χ1v) is 44.8. The quantitative estimate of drug-likeness (QED) is 0.0130. The largest absolute Gasteiger partial charge is 0.493 e. The van der Waals surface area contributed by atoms with Crippen LogP contribution < -0.4 is 78.1 Å². The molecule has 16 rings (SSSR count). The summed E-state index contributed by atoms with van der Waals surface area (Å²) in [4.78, 5) is 115. The average Bonchev–Trinajstić information content (AvgIpc) is 1.62. The Morgan fingerprint density at radius 2 is 0.680 bits per heavy atom. The number of nitrogens with zero attached hydrogens (tertiary/aromatic N) is 5. The highest BCUT2D eigenvalue weighted by Crippen LogP contribution is 2.51. The van der Waals surface area contributed by atoms with E-state index >= 15 is 0 Å². The van der Waals surface area contributed by atoms with Crippen molar-refractivity contribution in [2.45, 2.75) is 85.1 Å². The molecule has 4 aromatic carbocycles. The van der Waals surface area contributed by atoms with E-state index < -0.39 is 80.0 Å². The van der Waals surface area contributed by atoms with Crippen LogP contribution in [0.2, 0.25) is 0 Å². The highest BCUT2D eigenvalue weighted by Gasteiger charge is 2.34. The Morgan fingerprint density at radius 1 is 0.361 bits per heavy atom. The number of aromatic nitrogens is 4. The molecule has 8 aromatic heterocycles. The van der Waals surface area contributed by atoms with Gasteiger partial charge in [-0.25, -0.2) is 38.5 Å². The van der Waals surface area contributed by atoms with Crippen molar-refractivity contribution in [1.82, 2.24) is 41.2 Å². The van der Waals surface area contributed by atoms with Gasteiger partial charge in [0.05, 0.1) is 152 Å². The van der Waals surface area contributed by atoms with Crippen molar-refractivity contribution in [3.8, 4) is 69.0 Å². The van der Waals surface area contributed by atoms with E-state index in [0.717, 1.165) is 39.6 Å². The molecule has 1 aliphatic heterocycles. The second-order valence-corrected chi connectivity index (χ2v) is 32.5. The molecule has 9 heterocycles. The van der Waals surface area contributed by atoms with Gasteiger partial charge in [0.25, 0.3) is 0 Å². The zero-order valence-electron chi connectivity index (χ0n) is 81.0. The Kier molecular flexibility index (Phi) is 35.7. The third kappa shape index (κ3) is 27.0. The molecule has 4 amide bonds. The maximum Gasteiger partial charge on any atom is 0.341 e. The summed E-state index contributed by atoms with van der Waals surface area (Å²) in [6.45, 7) is 4.28. The van der Waals surface area contributed by atoms with E-state index in [-0.39, 0.29) is 144 Å². The summed E-state index contributed by atoms with van der Waals surface area (Å²) >= 11 is 0. The number of pyridine rings is 4. The molecule has 0 spiro atoms. The van der Waals surface area contributed by atoms with E-state index in [2.05, 4.69) is 41.2 Å². The summed E-state index contributed by atoms with van der Waals surface area (Å²) in [6, 6.07) is 32.1.